The number of nitrogens with zero attached hydrogens (tertiary/aromatic N) is 2. The van der Waals surface area contributed by atoms with Crippen molar-refractivity contribution in [2.24, 2.45) is 0 Å². The first-order chi connectivity index (χ1) is 8.74. The summed E-state index contributed by atoms with van der Waals surface area (Å²) in [5, 5.41) is 0. The highest BCUT2D eigenvalue weighted by atomic mass is 16.2. The van der Waals surface area contributed by atoms with Crippen LogP contribution in [-0.2, 0) is 13.0 Å². The van der Waals surface area contributed by atoms with Gasteiger partial charge in [0.1, 0.15) is 0 Å². The fourth-order valence-electron chi connectivity index (χ4n) is 2.93. The third-order valence-electron chi connectivity index (χ3n) is 4.05. The van der Waals surface area contributed by atoms with Crippen LogP contribution in [0.3, 0.4) is 0 Å². The number of amides is 1. The van der Waals surface area contributed by atoms with Gasteiger partial charge in [-0.1, -0.05) is 6.07 Å². The summed E-state index contributed by atoms with van der Waals surface area (Å²) in [6.45, 7) is 3.96. The number of carbonyl (C=O) groups is 1. The monoisotopic (exact) mass is 244 g/mol. The zero-order valence-electron chi connectivity index (χ0n) is 11.0. The van der Waals surface area contributed by atoms with Gasteiger partial charge in [-0.2, -0.15) is 0 Å². The van der Waals surface area contributed by atoms with Gasteiger partial charge in [0.2, 0.25) is 0 Å². The first kappa shape index (κ1) is 11.7. The van der Waals surface area contributed by atoms with Crippen molar-refractivity contribution in [1.82, 2.24) is 9.80 Å². The molecule has 2 aliphatic heterocycles. The Hall–Kier alpha value is -1.35. The van der Waals surface area contributed by atoms with Crippen LogP contribution in [-0.4, -0.2) is 42.4 Å². The number of hydrogen-bond acceptors (Lipinski definition) is 2. The molecule has 18 heavy (non-hydrogen) atoms. The van der Waals surface area contributed by atoms with E-state index in [1.807, 2.05) is 11.0 Å². The predicted molar refractivity (Wildman–Crippen MR) is 71.6 cm³/mol. The molecule has 1 amide bonds. The second-order valence-corrected chi connectivity index (χ2v) is 5.47. The van der Waals surface area contributed by atoms with Crippen LogP contribution in [0.1, 0.15) is 34.3 Å². The first-order valence-electron chi connectivity index (χ1n) is 6.83. The van der Waals surface area contributed by atoms with Crippen LogP contribution in [0.2, 0.25) is 0 Å². The highest BCUT2D eigenvalue weighted by Gasteiger charge is 2.21. The summed E-state index contributed by atoms with van der Waals surface area (Å²) in [5.74, 6) is 0.217. The van der Waals surface area contributed by atoms with E-state index in [-0.39, 0.29) is 5.91 Å². The molecule has 1 aromatic rings. The standard InChI is InChI=1S/C15H20N2O/c1-16-9-6-12-10-13(4-5-14(12)11-16)15(18)17-7-2-3-8-17/h4-5,10H,2-3,6-9,11H2,1H3. The van der Waals surface area contributed by atoms with E-state index in [1.54, 1.807) is 0 Å². The molecular formula is C15H20N2O. The van der Waals surface area contributed by atoms with Crippen molar-refractivity contribution in [2.75, 3.05) is 26.7 Å². The quantitative estimate of drug-likeness (QED) is 0.753. The van der Waals surface area contributed by atoms with Crippen LogP contribution in [0.15, 0.2) is 18.2 Å². The number of fused-ring (bicyclic) bond motifs is 1. The second kappa shape index (κ2) is 4.73. The number of rotatable bonds is 1. The third kappa shape index (κ3) is 2.15. The van der Waals surface area contributed by atoms with Crippen molar-refractivity contribution in [2.45, 2.75) is 25.8 Å². The highest BCUT2D eigenvalue weighted by molar-refractivity contribution is 5.94. The lowest BCUT2D eigenvalue weighted by Gasteiger charge is -2.25. The first-order valence-corrected chi connectivity index (χ1v) is 6.83. The number of likely N-dealkylation sites (tertiary alicyclic amines) is 1. The molecule has 1 aromatic carbocycles. The number of carbonyl (C=O) groups excluding carboxylic acids is 1. The van der Waals surface area contributed by atoms with E-state index < -0.39 is 0 Å². The Labute approximate surface area is 108 Å². The Morgan fingerprint density at radius 1 is 1.11 bits per heavy atom. The average Bonchev–Trinajstić information content (AvgIpc) is 2.91. The number of hydrogen-bond donors (Lipinski definition) is 0. The summed E-state index contributed by atoms with van der Waals surface area (Å²) < 4.78 is 0. The van der Waals surface area contributed by atoms with E-state index in [0.29, 0.717) is 0 Å². The van der Waals surface area contributed by atoms with E-state index in [1.165, 1.54) is 11.1 Å². The molecule has 0 unspecified atom stereocenters. The molecule has 96 valence electrons. The molecule has 3 nitrogen and oxygen atoms in total. The van der Waals surface area contributed by atoms with Crippen LogP contribution in [0, 0.1) is 0 Å². The van der Waals surface area contributed by atoms with Gasteiger partial charge in [0.15, 0.2) is 0 Å². The maximum absolute atomic E-state index is 12.3. The molecular weight excluding hydrogens is 224 g/mol. The van der Waals surface area contributed by atoms with Gasteiger partial charge < -0.3 is 9.80 Å². The van der Waals surface area contributed by atoms with Gasteiger partial charge in [0.05, 0.1) is 0 Å². The fraction of sp³-hybridized carbons (Fsp3) is 0.533. The van der Waals surface area contributed by atoms with E-state index in [0.717, 1.165) is 51.0 Å². The van der Waals surface area contributed by atoms with Crippen molar-refractivity contribution in [1.29, 1.82) is 0 Å². The van der Waals surface area contributed by atoms with Crippen molar-refractivity contribution in [3.8, 4) is 0 Å². The summed E-state index contributed by atoms with van der Waals surface area (Å²) in [6.07, 6.45) is 3.37. The minimum Gasteiger partial charge on any atom is -0.339 e. The van der Waals surface area contributed by atoms with Crippen molar-refractivity contribution < 1.29 is 4.79 Å². The molecule has 2 aliphatic rings. The summed E-state index contributed by atoms with van der Waals surface area (Å²) in [4.78, 5) is 16.6. The molecule has 0 bridgehead atoms. The van der Waals surface area contributed by atoms with E-state index in [2.05, 4.69) is 24.1 Å². The van der Waals surface area contributed by atoms with Crippen LogP contribution in [0.5, 0.6) is 0 Å². The smallest absolute Gasteiger partial charge is 0.253 e. The lowest BCUT2D eigenvalue weighted by atomic mass is 9.97. The lowest BCUT2D eigenvalue weighted by molar-refractivity contribution is 0.0792. The molecule has 1 fully saturated rings. The van der Waals surface area contributed by atoms with Gasteiger partial charge in [0, 0.05) is 31.7 Å². The molecule has 0 spiro atoms. The van der Waals surface area contributed by atoms with Crippen molar-refractivity contribution in [3.63, 3.8) is 0 Å². The Morgan fingerprint density at radius 3 is 2.67 bits per heavy atom. The molecule has 0 radical (unpaired) electrons. The van der Waals surface area contributed by atoms with Crippen LogP contribution in [0.25, 0.3) is 0 Å². The molecule has 3 rings (SSSR count). The highest BCUT2D eigenvalue weighted by Crippen LogP contribution is 2.21. The zero-order chi connectivity index (χ0) is 12.5. The molecule has 0 aromatic heterocycles. The molecule has 0 aliphatic carbocycles. The van der Waals surface area contributed by atoms with Crippen LogP contribution >= 0.6 is 0 Å². The third-order valence-corrected chi connectivity index (χ3v) is 4.05. The van der Waals surface area contributed by atoms with Gasteiger partial charge in [-0.25, -0.2) is 0 Å². The Balaban J connectivity index is 1.83. The summed E-state index contributed by atoms with van der Waals surface area (Å²) in [6, 6.07) is 6.25. The molecule has 0 saturated carbocycles. The average molecular weight is 244 g/mol. The maximum atomic E-state index is 12.3. The molecule has 0 N–H and O–H groups in total. The minimum atomic E-state index is 0.217. The summed E-state index contributed by atoms with van der Waals surface area (Å²) >= 11 is 0. The molecule has 0 atom stereocenters. The van der Waals surface area contributed by atoms with Crippen LogP contribution in [0.4, 0.5) is 0 Å². The number of likely N-dealkylation sites (N-methyl/N-ethyl adjacent to an activating group) is 1. The van der Waals surface area contributed by atoms with Gasteiger partial charge in [-0.05, 0) is 49.6 Å². The van der Waals surface area contributed by atoms with Crippen LogP contribution < -0.4 is 0 Å². The topological polar surface area (TPSA) is 23.6 Å². The Bertz CT molecular complexity index is 464. The van der Waals surface area contributed by atoms with Gasteiger partial charge in [-0.15, -0.1) is 0 Å². The molecule has 3 heteroatoms. The van der Waals surface area contributed by atoms with Gasteiger partial charge in [-0.3, -0.25) is 4.79 Å². The second-order valence-electron chi connectivity index (χ2n) is 5.47. The zero-order valence-corrected chi connectivity index (χ0v) is 11.0. The predicted octanol–water partition coefficient (Wildman–Crippen LogP) is 1.91. The lowest BCUT2D eigenvalue weighted by Crippen LogP contribution is -2.29. The van der Waals surface area contributed by atoms with Crippen molar-refractivity contribution >= 4 is 5.91 Å². The Morgan fingerprint density at radius 2 is 1.89 bits per heavy atom. The van der Waals surface area contributed by atoms with Crippen molar-refractivity contribution in [3.05, 3.63) is 34.9 Å². The SMILES string of the molecule is CN1CCc2cc(C(=O)N3CCCC3)ccc2C1. The normalized spacial score (nSPS) is 19.9. The molecule has 1 saturated heterocycles. The Kier molecular flexibility index (Phi) is 3.08. The van der Waals surface area contributed by atoms with Gasteiger partial charge >= 0.3 is 0 Å². The van der Waals surface area contributed by atoms with Gasteiger partial charge in [0.25, 0.3) is 5.91 Å². The van der Waals surface area contributed by atoms with E-state index >= 15 is 0 Å². The molecule has 2 heterocycles. The fourth-order valence-corrected chi connectivity index (χ4v) is 2.93. The minimum absolute atomic E-state index is 0.217. The largest absolute Gasteiger partial charge is 0.339 e. The summed E-state index contributed by atoms with van der Waals surface area (Å²) in [7, 11) is 2.15. The summed E-state index contributed by atoms with van der Waals surface area (Å²) in [5.41, 5.74) is 3.61. The maximum Gasteiger partial charge on any atom is 0.253 e. The van der Waals surface area contributed by atoms with E-state index in [9.17, 15) is 4.79 Å². The number of benzene rings is 1. The van der Waals surface area contributed by atoms with E-state index in [4.69, 9.17) is 0 Å².